The highest BCUT2D eigenvalue weighted by molar-refractivity contribution is 7.98. The van der Waals surface area contributed by atoms with Crippen molar-refractivity contribution in [2.75, 3.05) is 19.1 Å². The fourth-order valence-electron chi connectivity index (χ4n) is 2.52. The molecule has 1 nitrogen and oxygen atoms in total. The molecule has 2 heteroatoms. The first-order chi connectivity index (χ1) is 7.85. The van der Waals surface area contributed by atoms with Crippen molar-refractivity contribution in [1.29, 1.82) is 0 Å². The molecule has 1 N–H and O–H groups in total. The molecule has 1 aliphatic rings. The van der Waals surface area contributed by atoms with E-state index in [1.54, 1.807) is 11.1 Å². The summed E-state index contributed by atoms with van der Waals surface area (Å²) in [7, 11) is 2.07. The van der Waals surface area contributed by atoms with Crippen LogP contribution >= 0.6 is 11.8 Å². The summed E-state index contributed by atoms with van der Waals surface area (Å²) < 4.78 is 0. The summed E-state index contributed by atoms with van der Waals surface area (Å²) in [4.78, 5) is 0. The number of nitrogens with one attached hydrogen (secondary N) is 1. The monoisotopic (exact) mass is 235 g/mol. The molecular formula is C14H21NS. The zero-order valence-electron chi connectivity index (χ0n) is 10.3. The topological polar surface area (TPSA) is 12.0 Å². The van der Waals surface area contributed by atoms with Crippen LogP contribution < -0.4 is 5.32 Å². The Morgan fingerprint density at radius 2 is 2.12 bits per heavy atom. The van der Waals surface area contributed by atoms with Gasteiger partial charge in [0.1, 0.15) is 0 Å². The second-order valence-corrected chi connectivity index (χ2v) is 5.49. The molecule has 2 rings (SSSR count). The van der Waals surface area contributed by atoms with Gasteiger partial charge in [-0.05, 0) is 61.4 Å². The van der Waals surface area contributed by atoms with E-state index in [-0.39, 0.29) is 0 Å². The second-order valence-electron chi connectivity index (χ2n) is 4.50. The maximum absolute atomic E-state index is 3.43. The van der Waals surface area contributed by atoms with Gasteiger partial charge >= 0.3 is 0 Å². The fraction of sp³-hybridized carbons (Fsp3) is 0.571. The highest BCUT2D eigenvalue weighted by atomic mass is 32.2. The van der Waals surface area contributed by atoms with Crippen LogP contribution in [-0.2, 0) is 12.8 Å². The van der Waals surface area contributed by atoms with Crippen molar-refractivity contribution in [3.8, 4) is 0 Å². The molecule has 1 aliphatic carbocycles. The summed E-state index contributed by atoms with van der Waals surface area (Å²) in [6.07, 6.45) is 7.30. The molecule has 0 saturated heterocycles. The molecule has 0 spiro atoms. The van der Waals surface area contributed by atoms with Crippen LogP contribution in [0.3, 0.4) is 0 Å². The molecule has 0 saturated carbocycles. The Kier molecular flexibility index (Phi) is 4.30. The maximum atomic E-state index is 3.43. The first-order valence-electron chi connectivity index (χ1n) is 6.13. The van der Waals surface area contributed by atoms with Gasteiger partial charge in [0.15, 0.2) is 0 Å². The summed E-state index contributed by atoms with van der Waals surface area (Å²) in [5.74, 6) is 1.22. The van der Waals surface area contributed by atoms with E-state index >= 15 is 0 Å². The van der Waals surface area contributed by atoms with Gasteiger partial charge in [0.25, 0.3) is 0 Å². The molecule has 0 aromatic heterocycles. The normalized spacial score (nSPS) is 16.1. The molecule has 1 atom stereocenters. The minimum Gasteiger partial charge on any atom is -0.313 e. The predicted molar refractivity (Wildman–Crippen MR) is 73.3 cm³/mol. The van der Waals surface area contributed by atoms with E-state index in [9.17, 15) is 0 Å². The van der Waals surface area contributed by atoms with Crippen molar-refractivity contribution in [2.45, 2.75) is 31.7 Å². The number of hydrogen-bond donors (Lipinski definition) is 1. The van der Waals surface area contributed by atoms with Crippen molar-refractivity contribution < 1.29 is 0 Å². The molecule has 0 heterocycles. The molecule has 1 unspecified atom stereocenters. The summed E-state index contributed by atoms with van der Waals surface area (Å²) >= 11 is 1.93. The highest BCUT2D eigenvalue weighted by Gasteiger charge is 2.14. The van der Waals surface area contributed by atoms with Crippen molar-refractivity contribution in [3.05, 3.63) is 34.9 Å². The summed E-state index contributed by atoms with van der Waals surface area (Å²) in [5.41, 5.74) is 4.63. The van der Waals surface area contributed by atoms with E-state index in [4.69, 9.17) is 0 Å². The highest BCUT2D eigenvalue weighted by Crippen LogP contribution is 2.26. The molecule has 1 aromatic carbocycles. The molecule has 88 valence electrons. The van der Waals surface area contributed by atoms with E-state index in [2.05, 4.69) is 36.8 Å². The summed E-state index contributed by atoms with van der Waals surface area (Å²) in [6, 6.07) is 7.59. The lowest BCUT2D eigenvalue weighted by Gasteiger charge is -2.17. The smallest absolute Gasteiger partial charge is 0.0325 e. The molecule has 0 aliphatic heterocycles. The third-order valence-electron chi connectivity index (χ3n) is 3.48. The van der Waals surface area contributed by atoms with E-state index in [1.165, 1.54) is 37.0 Å². The summed E-state index contributed by atoms with van der Waals surface area (Å²) in [6.45, 7) is 0. The average molecular weight is 235 g/mol. The van der Waals surface area contributed by atoms with Gasteiger partial charge in [-0.15, -0.1) is 0 Å². The number of fused-ring (bicyclic) bond motifs is 1. The number of aryl methyl sites for hydroxylation is 2. The SMILES string of the molecule is CNC(CCSC)c1ccc2c(c1)CCC2. The van der Waals surface area contributed by atoms with Gasteiger partial charge in [0.05, 0.1) is 0 Å². The Hall–Kier alpha value is -0.470. The van der Waals surface area contributed by atoms with Crippen LogP contribution in [0.15, 0.2) is 18.2 Å². The molecule has 1 aromatic rings. The maximum Gasteiger partial charge on any atom is 0.0325 e. The average Bonchev–Trinajstić information content (AvgIpc) is 2.77. The first kappa shape index (κ1) is 12.0. The van der Waals surface area contributed by atoms with Crippen molar-refractivity contribution in [3.63, 3.8) is 0 Å². The van der Waals surface area contributed by atoms with Gasteiger partial charge in [-0.3, -0.25) is 0 Å². The molecule has 0 radical (unpaired) electrons. The first-order valence-corrected chi connectivity index (χ1v) is 7.52. The Balaban J connectivity index is 2.12. The quantitative estimate of drug-likeness (QED) is 0.841. The Bertz CT molecular complexity index is 349. The third kappa shape index (κ3) is 2.61. The standard InChI is InChI=1S/C14H21NS/c1-15-14(8-9-16-2)13-7-6-11-4-3-5-12(11)10-13/h6-7,10,14-15H,3-5,8-9H2,1-2H3. The van der Waals surface area contributed by atoms with Crippen LogP contribution in [-0.4, -0.2) is 19.1 Å². The number of benzene rings is 1. The van der Waals surface area contributed by atoms with E-state index in [0.717, 1.165) is 0 Å². The van der Waals surface area contributed by atoms with Gasteiger partial charge < -0.3 is 5.32 Å². The lowest BCUT2D eigenvalue weighted by Crippen LogP contribution is -2.17. The van der Waals surface area contributed by atoms with Gasteiger partial charge in [-0.2, -0.15) is 11.8 Å². The molecule has 0 amide bonds. The lowest BCUT2D eigenvalue weighted by atomic mass is 10.00. The van der Waals surface area contributed by atoms with Gasteiger partial charge in [0.2, 0.25) is 0 Å². The fourth-order valence-corrected chi connectivity index (χ4v) is 2.99. The zero-order valence-corrected chi connectivity index (χ0v) is 11.1. The molecular weight excluding hydrogens is 214 g/mol. The molecule has 16 heavy (non-hydrogen) atoms. The van der Waals surface area contributed by atoms with E-state index in [1.807, 2.05) is 11.8 Å². The predicted octanol–water partition coefficient (Wildman–Crippen LogP) is 3.19. The van der Waals surface area contributed by atoms with E-state index in [0.29, 0.717) is 6.04 Å². The molecule has 0 bridgehead atoms. The van der Waals surface area contributed by atoms with Crippen LogP contribution in [0.5, 0.6) is 0 Å². The Morgan fingerprint density at radius 1 is 1.31 bits per heavy atom. The van der Waals surface area contributed by atoms with Crippen molar-refractivity contribution in [2.24, 2.45) is 0 Å². The van der Waals surface area contributed by atoms with Gasteiger partial charge in [-0.25, -0.2) is 0 Å². The minimum absolute atomic E-state index is 0.526. The van der Waals surface area contributed by atoms with Crippen LogP contribution in [0, 0.1) is 0 Å². The largest absolute Gasteiger partial charge is 0.313 e. The Morgan fingerprint density at radius 3 is 2.88 bits per heavy atom. The lowest BCUT2D eigenvalue weighted by molar-refractivity contribution is 0.581. The van der Waals surface area contributed by atoms with Gasteiger partial charge in [0, 0.05) is 6.04 Å². The zero-order chi connectivity index (χ0) is 11.4. The summed E-state index contributed by atoms with van der Waals surface area (Å²) in [5, 5.41) is 3.43. The van der Waals surface area contributed by atoms with Crippen LogP contribution in [0.1, 0.15) is 35.6 Å². The van der Waals surface area contributed by atoms with Crippen LogP contribution in [0.4, 0.5) is 0 Å². The minimum atomic E-state index is 0.526. The van der Waals surface area contributed by atoms with Crippen LogP contribution in [0.25, 0.3) is 0 Å². The third-order valence-corrected chi connectivity index (χ3v) is 4.13. The Labute approximate surface area is 103 Å². The van der Waals surface area contributed by atoms with E-state index < -0.39 is 0 Å². The number of thioether (sulfide) groups is 1. The van der Waals surface area contributed by atoms with Crippen LogP contribution in [0.2, 0.25) is 0 Å². The van der Waals surface area contributed by atoms with Crippen molar-refractivity contribution >= 4 is 11.8 Å². The number of rotatable bonds is 5. The van der Waals surface area contributed by atoms with Crippen molar-refractivity contribution in [1.82, 2.24) is 5.32 Å². The number of hydrogen-bond acceptors (Lipinski definition) is 2. The van der Waals surface area contributed by atoms with Gasteiger partial charge in [-0.1, -0.05) is 18.2 Å². The second kappa shape index (κ2) is 5.74. The molecule has 0 fully saturated rings.